The lowest BCUT2D eigenvalue weighted by Crippen LogP contribution is -2.21. The average molecular weight is 373 g/mol. The molecule has 0 saturated heterocycles. The first-order chi connectivity index (χ1) is 12.3. The van der Waals surface area contributed by atoms with Crippen LogP contribution < -0.4 is 0 Å². The van der Waals surface area contributed by atoms with Crippen molar-refractivity contribution in [1.82, 2.24) is 5.01 Å². The Morgan fingerprint density at radius 2 is 2.00 bits per heavy atom. The maximum atomic E-state index is 12.1. The topological polar surface area (TPSA) is 109 Å². The molecule has 26 heavy (non-hydrogen) atoms. The second-order valence-electron chi connectivity index (χ2n) is 5.42. The Balaban J connectivity index is 1.92. The van der Waals surface area contributed by atoms with E-state index in [0.717, 1.165) is 0 Å². The summed E-state index contributed by atoms with van der Waals surface area (Å²) in [5.74, 6) is -0.468. The smallest absolute Gasteiger partial charge is 0.337 e. The summed E-state index contributed by atoms with van der Waals surface area (Å²) in [5, 5.41) is 15.3. The van der Waals surface area contributed by atoms with E-state index < -0.39 is 16.0 Å². The molecule has 1 aliphatic heterocycles. The summed E-state index contributed by atoms with van der Waals surface area (Å²) < 4.78 is 32.6. The number of amidine groups is 1. The van der Waals surface area contributed by atoms with E-state index in [4.69, 9.17) is 0 Å². The number of ether oxygens (including phenoxy) is 1. The van der Waals surface area contributed by atoms with Gasteiger partial charge >= 0.3 is 5.97 Å². The summed E-state index contributed by atoms with van der Waals surface area (Å²) in [6.07, 6.45) is 1.30. The molecule has 0 aliphatic carbocycles. The van der Waals surface area contributed by atoms with Crippen molar-refractivity contribution < 1.29 is 23.1 Å². The molecule has 0 spiro atoms. The van der Waals surface area contributed by atoms with Gasteiger partial charge in [0.05, 0.1) is 18.9 Å². The van der Waals surface area contributed by atoms with Crippen LogP contribution in [0.3, 0.4) is 0 Å². The van der Waals surface area contributed by atoms with Gasteiger partial charge in [-0.2, -0.15) is 13.5 Å². The van der Waals surface area contributed by atoms with Crippen LogP contribution in [0.5, 0.6) is 5.75 Å². The van der Waals surface area contributed by atoms with Crippen LogP contribution in [-0.4, -0.2) is 50.7 Å². The van der Waals surface area contributed by atoms with Gasteiger partial charge in [0, 0.05) is 18.2 Å². The van der Waals surface area contributed by atoms with Crippen LogP contribution in [0.15, 0.2) is 56.9 Å². The van der Waals surface area contributed by atoms with E-state index in [9.17, 15) is 18.3 Å². The van der Waals surface area contributed by atoms with Gasteiger partial charge in [0.1, 0.15) is 10.6 Å². The van der Waals surface area contributed by atoms with Crippen molar-refractivity contribution in [2.45, 2.75) is 4.90 Å². The van der Waals surface area contributed by atoms with Crippen LogP contribution in [0, 0.1) is 0 Å². The maximum Gasteiger partial charge on any atom is 0.337 e. The third-order valence-electron chi connectivity index (χ3n) is 3.74. The van der Waals surface area contributed by atoms with Gasteiger partial charge in [0.15, 0.2) is 5.84 Å². The number of fused-ring (bicyclic) bond motifs is 1. The molecule has 0 fully saturated rings. The number of hydrazone groups is 1. The number of benzene rings is 2. The molecule has 1 aliphatic rings. The molecule has 0 saturated carbocycles. The molecule has 9 heteroatoms. The zero-order valence-electron chi connectivity index (χ0n) is 13.9. The third-order valence-corrected chi connectivity index (χ3v) is 5.06. The zero-order valence-corrected chi connectivity index (χ0v) is 14.8. The average Bonchev–Trinajstić information content (AvgIpc) is 2.92. The van der Waals surface area contributed by atoms with Gasteiger partial charge in [-0.1, -0.05) is 12.1 Å². The number of sulfonamides is 1. The molecule has 2 aromatic carbocycles. The Kier molecular flexibility index (Phi) is 4.47. The first-order valence-electron chi connectivity index (χ1n) is 7.47. The van der Waals surface area contributed by atoms with Crippen molar-refractivity contribution in [2.75, 3.05) is 14.2 Å². The predicted molar refractivity (Wildman–Crippen MR) is 95.0 cm³/mol. The van der Waals surface area contributed by atoms with E-state index in [1.807, 2.05) is 0 Å². The highest BCUT2D eigenvalue weighted by molar-refractivity contribution is 7.90. The Bertz CT molecular complexity index is 1040. The molecule has 0 radical (unpaired) electrons. The summed E-state index contributed by atoms with van der Waals surface area (Å²) in [6.45, 7) is 0. The van der Waals surface area contributed by atoms with E-state index in [-0.39, 0.29) is 27.6 Å². The van der Waals surface area contributed by atoms with Gasteiger partial charge in [0.2, 0.25) is 0 Å². The Morgan fingerprint density at radius 3 is 2.73 bits per heavy atom. The molecular formula is C17H15N3O5S. The Morgan fingerprint density at radius 1 is 1.27 bits per heavy atom. The normalized spacial score (nSPS) is 14.8. The number of methoxy groups -OCH3 is 1. The molecule has 134 valence electrons. The second kappa shape index (κ2) is 6.60. The lowest BCUT2D eigenvalue weighted by molar-refractivity contribution is 0.0600. The van der Waals surface area contributed by atoms with E-state index in [0.29, 0.717) is 5.56 Å². The molecule has 0 atom stereocenters. The van der Waals surface area contributed by atoms with Crippen LogP contribution in [-0.2, 0) is 14.8 Å². The first-order valence-corrected chi connectivity index (χ1v) is 8.91. The molecular weight excluding hydrogens is 358 g/mol. The molecule has 0 unspecified atom stereocenters. The number of nitrogens with zero attached hydrogens (tertiary/aromatic N) is 3. The Hall–Kier alpha value is -3.20. The van der Waals surface area contributed by atoms with E-state index in [2.05, 4.69) is 14.2 Å². The lowest BCUT2D eigenvalue weighted by atomic mass is 10.1. The number of carbonyl (C=O) groups excluding carboxylic acids is 1. The summed E-state index contributed by atoms with van der Waals surface area (Å²) in [6, 6.07) is 10.6. The second-order valence-corrected chi connectivity index (χ2v) is 6.99. The molecule has 1 heterocycles. The fourth-order valence-electron chi connectivity index (χ4n) is 2.43. The highest BCUT2D eigenvalue weighted by atomic mass is 32.2. The van der Waals surface area contributed by atoms with Gasteiger partial charge in [-0.25, -0.2) is 9.80 Å². The van der Waals surface area contributed by atoms with Crippen molar-refractivity contribution in [1.29, 1.82) is 0 Å². The summed E-state index contributed by atoms with van der Waals surface area (Å²) in [5.41, 5.74) is 0.967. The minimum Gasteiger partial charge on any atom is -0.507 e. The van der Waals surface area contributed by atoms with Crippen molar-refractivity contribution in [3.63, 3.8) is 0 Å². The minimum absolute atomic E-state index is 0.0869. The van der Waals surface area contributed by atoms with Crippen LogP contribution in [0.4, 0.5) is 0 Å². The highest BCUT2D eigenvalue weighted by Crippen LogP contribution is 2.27. The fourth-order valence-corrected chi connectivity index (χ4v) is 3.66. The molecule has 1 N–H and O–H groups in total. The number of phenols is 1. The van der Waals surface area contributed by atoms with Crippen LogP contribution >= 0.6 is 0 Å². The molecule has 0 amide bonds. The maximum absolute atomic E-state index is 12.1. The van der Waals surface area contributed by atoms with Gasteiger partial charge in [0.25, 0.3) is 10.0 Å². The van der Waals surface area contributed by atoms with Crippen LogP contribution in [0.1, 0.15) is 21.5 Å². The summed E-state index contributed by atoms with van der Waals surface area (Å²) in [4.78, 5) is 11.7. The SMILES string of the molecule is COC(=O)c1ccc(O)c(/C=N\N(C)C2=NS(=O)(=O)c3ccccc32)c1. The standard InChI is InChI=1S/C17H15N3O5S/c1-20(16-13-5-3-4-6-15(13)26(23,24)19-16)18-10-12-9-11(17(22)25-2)7-8-14(12)21/h3-10,21H,1-2H3/b18-10-. The molecule has 0 aromatic heterocycles. The van der Waals surface area contributed by atoms with Crippen LogP contribution in [0.25, 0.3) is 0 Å². The van der Waals surface area contributed by atoms with Gasteiger partial charge < -0.3 is 9.84 Å². The molecule has 3 rings (SSSR count). The van der Waals surface area contributed by atoms with Crippen molar-refractivity contribution in [3.8, 4) is 5.75 Å². The lowest BCUT2D eigenvalue weighted by Gasteiger charge is -2.12. The quantitative estimate of drug-likeness (QED) is 0.497. The van der Waals surface area contributed by atoms with Crippen molar-refractivity contribution in [2.24, 2.45) is 9.50 Å². The van der Waals surface area contributed by atoms with E-state index >= 15 is 0 Å². The number of carbonyl (C=O) groups is 1. The summed E-state index contributed by atoms with van der Waals surface area (Å²) in [7, 11) is -0.958. The van der Waals surface area contributed by atoms with Crippen LogP contribution in [0.2, 0.25) is 0 Å². The van der Waals surface area contributed by atoms with E-state index in [1.165, 1.54) is 49.6 Å². The number of esters is 1. The van der Waals surface area contributed by atoms with E-state index in [1.54, 1.807) is 18.2 Å². The molecule has 0 bridgehead atoms. The predicted octanol–water partition coefficient (Wildman–Crippen LogP) is 1.59. The third kappa shape index (κ3) is 3.16. The largest absolute Gasteiger partial charge is 0.507 e. The number of rotatable bonds is 3. The zero-order chi connectivity index (χ0) is 18.9. The van der Waals surface area contributed by atoms with Gasteiger partial charge in [-0.05, 0) is 30.3 Å². The van der Waals surface area contributed by atoms with Gasteiger partial charge in [-0.15, -0.1) is 4.40 Å². The number of hydrogen-bond donors (Lipinski definition) is 1. The molecule has 8 nitrogen and oxygen atoms in total. The number of hydrogen-bond acceptors (Lipinski definition) is 7. The Labute approximate surface area is 150 Å². The van der Waals surface area contributed by atoms with Crippen molar-refractivity contribution in [3.05, 3.63) is 59.2 Å². The first kappa shape index (κ1) is 17.6. The number of aromatic hydroxyl groups is 1. The highest BCUT2D eigenvalue weighted by Gasteiger charge is 2.30. The van der Waals surface area contributed by atoms with Gasteiger partial charge in [-0.3, -0.25) is 0 Å². The van der Waals surface area contributed by atoms with Crippen molar-refractivity contribution >= 4 is 28.0 Å². The monoisotopic (exact) mass is 373 g/mol. The summed E-state index contributed by atoms with van der Waals surface area (Å²) >= 11 is 0. The fraction of sp³-hybridized carbons (Fsp3) is 0.118. The minimum atomic E-state index is -3.75. The number of phenolic OH excluding ortho intramolecular Hbond substituents is 1. The molecule has 2 aromatic rings.